The number of ether oxygens (including phenoxy) is 1. The molecule has 0 aliphatic carbocycles. The molecule has 0 N–H and O–H groups in total. The van der Waals surface area contributed by atoms with Crippen LogP contribution in [0.15, 0.2) is 12.1 Å². The number of fused-ring (bicyclic) bond motifs is 1. The van der Waals surface area contributed by atoms with E-state index in [9.17, 15) is 8.78 Å². The number of hydrogen-bond donors (Lipinski definition) is 0. The summed E-state index contributed by atoms with van der Waals surface area (Å²) in [6.45, 7) is 1.30. The van der Waals surface area contributed by atoms with Gasteiger partial charge in [0, 0.05) is 25.0 Å². The summed E-state index contributed by atoms with van der Waals surface area (Å²) >= 11 is 5.80. The number of nitrogens with zero attached hydrogens (tertiary/aromatic N) is 2. The zero-order chi connectivity index (χ0) is 14.8. The molecule has 2 aromatic rings. The van der Waals surface area contributed by atoms with Gasteiger partial charge in [0.1, 0.15) is 17.2 Å². The molecule has 21 heavy (non-hydrogen) atoms. The molecular weight excluding hydrogens is 298 g/mol. The van der Waals surface area contributed by atoms with E-state index in [2.05, 4.69) is 4.98 Å². The molecule has 0 amide bonds. The second-order valence-electron chi connectivity index (χ2n) is 5.32. The van der Waals surface area contributed by atoms with Crippen molar-refractivity contribution in [2.24, 2.45) is 0 Å². The quantitative estimate of drug-likeness (QED) is 0.805. The lowest BCUT2D eigenvalue weighted by Gasteiger charge is -2.24. The molecule has 0 radical (unpaired) electrons. The van der Waals surface area contributed by atoms with E-state index in [1.807, 2.05) is 4.57 Å². The number of halogens is 3. The van der Waals surface area contributed by atoms with Gasteiger partial charge >= 0.3 is 0 Å². The van der Waals surface area contributed by atoms with Crippen LogP contribution in [0.2, 0.25) is 0 Å². The van der Waals surface area contributed by atoms with Crippen molar-refractivity contribution in [2.75, 3.05) is 12.5 Å². The Hall–Kier alpha value is -1.20. The van der Waals surface area contributed by atoms with Gasteiger partial charge in [-0.25, -0.2) is 13.8 Å². The fourth-order valence-electron chi connectivity index (χ4n) is 2.83. The highest BCUT2D eigenvalue weighted by Crippen LogP contribution is 2.24. The molecule has 1 aromatic heterocycles. The number of aromatic nitrogens is 2. The van der Waals surface area contributed by atoms with Crippen LogP contribution < -0.4 is 0 Å². The zero-order valence-electron chi connectivity index (χ0n) is 11.6. The first-order valence-corrected chi connectivity index (χ1v) is 7.74. The number of imidazole rings is 1. The molecule has 114 valence electrons. The van der Waals surface area contributed by atoms with Crippen LogP contribution in [0.1, 0.15) is 25.1 Å². The Bertz CT molecular complexity index is 638. The van der Waals surface area contributed by atoms with Crippen LogP contribution >= 0.6 is 11.6 Å². The highest BCUT2D eigenvalue weighted by molar-refractivity contribution is 6.17. The summed E-state index contributed by atoms with van der Waals surface area (Å²) in [4.78, 5) is 4.29. The smallest absolute Gasteiger partial charge is 0.153 e. The molecule has 6 heteroatoms. The fourth-order valence-corrected chi connectivity index (χ4v) is 3.00. The first-order valence-electron chi connectivity index (χ1n) is 7.21. The molecule has 1 atom stereocenters. The Balaban J connectivity index is 2.02. The standard InChI is InChI=1S/C15H17ClF2N2O/c16-5-4-14-19-15-12(18)7-10(17)8-13(15)20(14)9-11-3-1-2-6-21-11/h7-8,11H,1-6,9H2. The SMILES string of the molecule is Fc1cc(F)c2nc(CCCl)n(CC3CCCCO3)c2c1. The van der Waals surface area contributed by atoms with E-state index in [1.54, 1.807) is 0 Å². The highest BCUT2D eigenvalue weighted by atomic mass is 35.5. The molecule has 1 fully saturated rings. The molecule has 1 aliphatic heterocycles. The fraction of sp³-hybridized carbons (Fsp3) is 0.533. The van der Waals surface area contributed by atoms with Crippen molar-refractivity contribution in [3.63, 3.8) is 0 Å². The van der Waals surface area contributed by atoms with E-state index in [1.165, 1.54) is 6.07 Å². The summed E-state index contributed by atoms with van der Waals surface area (Å²) in [6.07, 6.45) is 3.72. The summed E-state index contributed by atoms with van der Waals surface area (Å²) in [7, 11) is 0. The number of benzene rings is 1. The van der Waals surface area contributed by atoms with Crippen LogP contribution in [0.4, 0.5) is 8.78 Å². The van der Waals surface area contributed by atoms with Crippen molar-refractivity contribution in [1.29, 1.82) is 0 Å². The summed E-state index contributed by atoms with van der Waals surface area (Å²) in [6, 6.07) is 2.19. The lowest BCUT2D eigenvalue weighted by molar-refractivity contribution is 0.00621. The maximum absolute atomic E-state index is 13.9. The average molecular weight is 315 g/mol. The van der Waals surface area contributed by atoms with E-state index in [0.717, 1.165) is 31.9 Å². The first-order chi connectivity index (χ1) is 10.2. The summed E-state index contributed by atoms with van der Waals surface area (Å²) in [5.41, 5.74) is 0.675. The van der Waals surface area contributed by atoms with Crippen LogP contribution in [0.25, 0.3) is 11.0 Å². The third kappa shape index (κ3) is 3.04. The van der Waals surface area contributed by atoms with Gasteiger partial charge in [-0.2, -0.15) is 0 Å². The molecule has 1 unspecified atom stereocenters. The van der Waals surface area contributed by atoms with Crippen molar-refractivity contribution in [3.8, 4) is 0 Å². The van der Waals surface area contributed by atoms with Gasteiger partial charge in [-0.15, -0.1) is 11.6 Å². The second-order valence-corrected chi connectivity index (χ2v) is 5.70. The molecular formula is C15H17ClF2N2O. The lowest BCUT2D eigenvalue weighted by atomic mass is 10.1. The van der Waals surface area contributed by atoms with Gasteiger partial charge in [-0.3, -0.25) is 0 Å². The monoisotopic (exact) mass is 314 g/mol. The van der Waals surface area contributed by atoms with E-state index >= 15 is 0 Å². The Morgan fingerprint density at radius 2 is 2.19 bits per heavy atom. The Morgan fingerprint density at radius 1 is 1.33 bits per heavy atom. The van der Waals surface area contributed by atoms with Crippen LogP contribution in [0.3, 0.4) is 0 Å². The minimum atomic E-state index is -0.635. The molecule has 1 aliphatic rings. The number of alkyl halides is 1. The molecule has 0 saturated carbocycles. The lowest BCUT2D eigenvalue weighted by Crippen LogP contribution is -2.25. The minimum absolute atomic E-state index is 0.0663. The Morgan fingerprint density at radius 3 is 2.90 bits per heavy atom. The molecule has 1 saturated heterocycles. The predicted octanol–water partition coefficient (Wildman–Crippen LogP) is 3.66. The van der Waals surface area contributed by atoms with E-state index in [-0.39, 0.29) is 11.6 Å². The number of hydrogen-bond acceptors (Lipinski definition) is 2. The Labute approximate surface area is 126 Å². The van der Waals surface area contributed by atoms with Crippen LogP contribution in [-0.4, -0.2) is 28.1 Å². The van der Waals surface area contributed by atoms with Gasteiger partial charge in [0.2, 0.25) is 0 Å². The zero-order valence-corrected chi connectivity index (χ0v) is 12.4. The predicted molar refractivity (Wildman–Crippen MR) is 77.7 cm³/mol. The van der Waals surface area contributed by atoms with Crippen molar-refractivity contribution in [2.45, 2.75) is 38.3 Å². The van der Waals surface area contributed by atoms with Crippen LogP contribution in [-0.2, 0) is 17.7 Å². The maximum atomic E-state index is 13.9. The molecule has 0 bridgehead atoms. The van der Waals surface area contributed by atoms with Gasteiger partial charge in [-0.1, -0.05) is 0 Å². The average Bonchev–Trinajstić information content (AvgIpc) is 2.79. The topological polar surface area (TPSA) is 27.1 Å². The van der Waals surface area contributed by atoms with Crippen molar-refractivity contribution in [3.05, 3.63) is 29.6 Å². The summed E-state index contributed by atoms with van der Waals surface area (Å²) in [5, 5.41) is 0. The van der Waals surface area contributed by atoms with Crippen LogP contribution in [0.5, 0.6) is 0 Å². The van der Waals surface area contributed by atoms with Crippen molar-refractivity contribution in [1.82, 2.24) is 9.55 Å². The Kier molecular flexibility index (Phi) is 4.40. The molecule has 1 aromatic carbocycles. The van der Waals surface area contributed by atoms with Crippen molar-refractivity contribution < 1.29 is 13.5 Å². The van der Waals surface area contributed by atoms with E-state index in [0.29, 0.717) is 30.2 Å². The molecule has 3 rings (SSSR count). The minimum Gasteiger partial charge on any atom is -0.376 e. The third-order valence-electron chi connectivity index (χ3n) is 3.83. The molecule has 0 spiro atoms. The maximum Gasteiger partial charge on any atom is 0.153 e. The largest absolute Gasteiger partial charge is 0.376 e. The third-order valence-corrected chi connectivity index (χ3v) is 4.02. The molecule has 2 heterocycles. The van der Waals surface area contributed by atoms with E-state index < -0.39 is 11.6 Å². The normalized spacial score (nSPS) is 19.3. The van der Waals surface area contributed by atoms with Gasteiger partial charge < -0.3 is 9.30 Å². The van der Waals surface area contributed by atoms with Gasteiger partial charge in [0.05, 0.1) is 18.2 Å². The highest BCUT2D eigenvalue weighted by Gasteiger charge is 2.20. The van der Waals surface area contributed by atoms with Gasteiger partial charge in [-0.05, 0) is 25.3 Å². The number of aryl methyl sites for hydroxylation is 1. The van der Waals surface area contributed by atoms with Crippen molar-refractivity contribution >= 4 is 22.6 Å². The van der Waals surface area contributed by atoms with Gasteiger partial charge in [0.25, 0.3) is 0 Å². The molecule has 3 nitrogen and oxygen atoms in total. The van der Waals surface area contributed by atoms with Crippen LogP contribution in [0, 0.1) is 11.6 Å². The summed E-state index contributed by atoms with van der Waals surface area (Å²) in [5.74, 6) is -0.162. The number of rotatable bonds is 4. The van der Waals surface area contributed by atoms with E-state index in [4.69, 9.17) is 16.3 Å². The first kappa shape index (κ1) is 14.7. The van der Waals surface area contributed by atoms with Gasteiger partial charge in [0.15, 0.2) is 5.82 Å². The summed E-state index contributed by atoms with van der Waals surface area (Å²) < 4.78 is 35.0. The second kappa shape index (κ2) is 6.28.